The summed E-state index contributed by atoms with van der Waals surface area (Å²) >= 11 is 0. The number of hydrogen-bond acceptors (Lipinski definition) is 4. The molecule has 0 heterocycles. The Morgan fingerprint density at radius 2 is 1.84 bits per heavy atom. The van der Waals surface area contributed by atoms with Gasteiger partial charge in [0.1, 0.15) is 5.28 Å². The van der Waals surface area contributed by atoms with Gasteiger partial charge in [0.15, 0.2) is 0 Å². The van der Waals surface area contributed by atoms with Crippen LogP contribution in [-0.4, -0.2) is 19.5 Å². The summed E-state index contributed by atoms with van der Waals surface area (Å²) < 4.78 is 23.1. The van der Waals surface area contributed by atoms with Gasteiger partial charge in [-0.3, -0.25) is 9.88 Å². The molecule has 5 heteroatoms. The van der Waals surface area contributed by atoms with Crippen molar-refractivity contribution < 1.29 is 13.6 Å². The highest BCUT2D eigenvalue weighted by Gasteiger charge is 2.65. The molecule has 0 amide bonds. The lowest BCUT2D eigenvalue weighted by Gasteiger charge is -2.29. The molecular weight excluding hydrogens is 261 g/mol. The van der Waals surface area contributed by atoms with Gasteiger partial charge in [0.25, 0.3) is 0 Å². The van der Waals surface area contributed by atoms with Gasteiger partial charge in [0.05, 0.1) is 0 Å². The van der Waals surface area contributed by atoms with E-state index in [1.807, 2.05) is 18.2 Å². The molecule has 106 valence electrons. The van der Waals surface area contributed by atoms with Crippen LogP contribution in [0, 0.1) is 5.92 Å². The van der Waals surface area contributed by atoms with Crippen LogP contribution < -0.4 is 5.32 Å². The molecule has 4 nitrogen and oxygen atoms in total. The summed E-state index contributed by atoms with van der Waals surface area (Å²) in [6.45, 7) is 4.13. The SMILES string of the molecule is COP(=O)(OC)[C@@]1(N[C@@H](C)c2ccccc2)C[C@@H]1C. The predicted molar refractivity (Wildman–Crippen MR) is 76.1 cm³/mol. The van der Waals surface area contributed by atoms with Gasteiger partial charge < -0.3 is 9.05 Å². The van der Waals surface area contributed by atoms with Gasteiger partial charge in [-0.2, -0.15) is 0 Å². The largest absolute Gasteiger partial charge is 0.350 e. The monoisotopic (exact) mass is 283 g/mol. The first kappa shape index (κ1) is 14.7. The normalized spacial score (nSPS) is 28.1. The minimum absolute atomic E-state index is 0.102. The summed E-state index contributed by atoms with van der Waals surface area (Å²) in [6, 6.07) is 10.2. The fourth-order valence-corrected chi connectivity index (χ4v) is 4.86. The van der Waals surface area contributed by atoms with Gasteiger partial charge in [-0.05, 0) is 24.8 Å². The Labute approximate surface area is 115 Å². The first-order chi connectivity index (χ1) is 8.99. The third kappa shape index (κ3) is 2.50. The summed E-state index contributed by atoms with van der Waals surface area (Å²) in [5.74, 6) is 0.282. The molecule has 3 atom stereocenters. The fraction of sp³-hybridized carbons (Fsp3) is 0.571. The van der Waals surface area contributed by atoms with E-state index in [1.165, 1.54) is 19.8 Å². The molecule has 1 saturated carbocycles. The van der Waals surface area contributed by atoms with Crippen molar-refractivity contribution in [3.8, 4) is 0 Å². The minimum atomic E-state index is -3.11. The van der Waals surface area contributed by atoms with Crippen LogP contribution in [0.3, 0.4) is 0 Å². The average Bonchev–Trinajstić information content (AvgIpc) is 3.10. The van der Waals surface area contributed by atoms with Gasteiger partial charge in [0, 0.05) is 20.3 Å². The third-order valence-corrected chi connectivity index (χ3v) is 6.70. The molecule has 1 aliphatic rings. The molecule has 1 aliphatic carbocycles. The summed E-state index contributed by atoms with van der Waals surface area (Å²) in [4.78, 5) is 0. The molecule has 0 aromatic heterocycles. The molecule has 2 rings (SSSR count). The molecular formula is C14H22NO3P. The van der Waals surface area contributed by atoms with Crippen LogP contribution >= 0.6 is 7.60 Å². The van der Waals surface area contributed by atoms with E-state index in [1.54, 1.807) is 0 Å². The Morgan fingerprint density at radius 1 is 1.32 bits per heavy atom. The van der Waals surface area contributed by atoms with Crippen molar-refractivity contribution in [1.82, 2.24) is 5.32 Å². The molecule has 0 saturated heterocycles. The molecule has 1 aromatic rings. The lowest BCUT2D eigenvalue weighted by atomic mass is 10.1. The Balaban J connectivity index is 2.19. The van der Waals surface area contributed by atoms with E-state index in [-0.39, 0.29) is 12.0 Å². The van der Waals surface area contributed by atoms with Crippen LogP contribution in [0.5, 0.6) is 0 Å². The second-order valence-electron chi connectivity index (χ2n) is 5.17. The highest BCUT2D eigenvalue weighted by atomic mass is 31.2. The van der Waals surface area contributed by atoms with Crippen molar-refractivity contribution in [3.05, 3.63) is 35.9 Å². The van der Waals surface area contributed by atoms with E-state index in [0.717, 1.165) is 6.42 Å². The Hall–Kier alpha value is -0.670. The van der Waals surface area contributed by atoms with Gasteiger partial charge in [-0.15, -0.1) is 0 Å². The molecule has 0 unspecified atom stereocenters. The molecule has 1 aromatic carbocycles. The first-order valence-corrected chi connectivity index (χ1v) is 8.07. The van der Waals surface area contributed by atoms with Crippen LogP contribution in [0.4, 0.5) is 0 Å². The number of nitrogens with one attached hydrogen (secondary N) is 1. The summed E-state index contributed by atoms with van der Waals surface area (Å²) in [5, 5.41) is 2.91. The zero-order chi connectivity index (χ0) is 14.1. The van der Waals surface area contributed by atoms with E-state index < -0.39 is 12.9 Å². The summed E-state index contributed by atoms with van der Waals surface area (Å²) in [7, 11) is -0.214. The van der Waals surface area contributed by atoms with Crippen LogP contribution in [0.1, 0.15) is 31.9 Å². The third-order valence-electron chi connectivity index (χ3n) is 4.01. The molecule has 0 spiro atoms. The summed E-state index contributed by atoms with van der Waals surface area (Å²) in [6.07, 6.45) is 0.809. The highest BCUT2D eigenvalue weighted by Crippen LogP contribution is 2.72. The van der Waals surface area contributed by atoms with Crippen LogP contribution in [-0.2, 0) is 13.6 Å². The van der Waals surface area contributed by atoms with Gasteiger partial charge in [0.2, 0.25) is 0 Å². The second-order valence-corrected chi connectivity index (χ2v) is 7.69. The lowest BCUT2D eigenvalue weighted by molar-refractivity contribution is 0.248. The van der Waals surface area contributed by atoms with Crippen molar-refractivity contribution in [2.75, 3.05) is 14.2 Å². The number of hydrogen-bond donors (Lipinski definition) is 1. The smallest absolute Gasteiger partial charge is 0.311 e. The quantitative estimate of drug-likeness (QED) is 0.811. The van der Waals surface area contributed by atoms with E-state index in [4.69, 9.17) is 9.05 Å². The second kappa shape index (κ2) is 5.37. The maximum absolute atomic E-state index is 12.7. The van der Waals surface area contributed by atoms with Crippen LogP contribution in [0.25, 0.3) is 0 Å². The van der Waals surface area contributed by atoms with Crippen LogP contribution in [0.15, 0.2) is 30.3 Å². The summed E-state index contributed by atoms with van der Waals surface area (Å²) in [5.41, 5.74) is 1.17. The topological polar surface area (TPSA) is 47.6 Å². The molecule has 0 aliphatic heterocycles. The predicted octanol–water partition coefficient (Wildman–Crippen LogP) is 3.56. The first-order valence-electron chi connectivity index (χ1n) is 6.53. The van der Waals surface area contributed by atoms with Gasteiger partial charge in [-0.25, -0.2) is 0 Å². The maximum Gasteiger partial charge on any atom is 0.350 e. The number of rotatable bonds is 6. The van der Waals surface area contributed by atoms with E-state index in [0.29, 0.717) is 0 Å². The highest BCUT2D eigenvalue weighted by molar-refractivity contribution is 7.56. The minimum Gasteiger partial charge on any atom is -0.311 e. The van der Waals surface area contributed by atoms with Crippen molar-refractivity contribution >= 4 is 7.60 Å². The van der Waals surface area contributed by atoms with E-state index in [2.05, 4.69) is 31.3 Å². The lowest BCUT2D eigenvalue weighted by Crippen LogP contribution is -2.36. The van der Waals surface area contributed by atoms with Crippen molar-refractivity contribution in [2.24, 2.45) is 5.92 Å². The molecule has 0 bridgehead atoms. The van der Waals surface area contributed by atoms with Gasteiger partial charge >= 0.3 is 7.60 Å². The van der Waals surface area contributed by atoms with Crippen LogP contribution in [0.2, 0.25) is 0 Å². The van der Waals surface area contributed by atoms with Crippen molar-refractivity contribution in [1.29, 1.82) is 0 Å². The maximum atomic E-state index is 12.7. The molecule has 1 N–H and O–H groups in total. The van der Waals surface area contributed by atoms with E-state index >= 15 is 0 Å². The number of benzene rings is 1. The molecule has 0 radical (unpaired) electrons. The zero-order valence-electron chi connectivity index (χ0n) is 11.9. The van der Waals surface area contributed by atoms with E-state index in [9.17, 15) is 4.57 Å². The van der Waals surface area contributed by atoms with Crippen molar-refractivity contribution in [2.45, 2.75) is 31.6 Å². The molecule has 1 fully saturated rings. The molecule has 19 heavy (non-hydrogen) atoms. The van der Waals surface area contributed by atoms with Gasteiger partial charge in [-0.1, -0.05) is 37.3 Å². The Kier molecular flexibility index (Phi) is 4.17. The van der Waals surface area contributed by atoms with Crippen molar-refractivity contribution in [3.63, 3.8) is 0 Å². The average molecular weight is 283 g/mol. The zero-order valence-corrected chi connectivity index (χ0v) is 12.8. The standard InChI is InChI=1S/C14H22NO3P/c1-11-10-14(11,19(16,17-3)18-4)15-12(2)13-8-6-5-7-9-13/h5-9,11-12,15H,10H2,1-4H3/t11-,12-,14-/m0/s1. The Morgan fingerprint density at radius 3 is 2.26 bits per heavy atom. The fourth-order valence-electron chi connectivity index (χ4n) is 2.67. The Bertz CT molecular complexity index is 471.